The number of nitrogens with zero attached hydrogens (tertiary/aromatic N) is 1. The standard InChI is InChI=1S/C17H20N4O3/c1-12(20-14-8-9-15(24-2)18-11-14)16(22)21-17(23)19-10-13-6-4-3-5-7-13/h3-9,11-12,20H,10H2,1-2H3,(H2,19,21,22,23). The van der Waals surface area contributed by atoms with Crippen LogP contribution in [0.1, 0.15) is 12.5 Å². The van der Waals surface area contributed by atoms with Gasteiger partial charge < -0.3 is 15.4 Å². The largest absolute Gasteiger partial charge is 0.481 e. The van der Waals surface area contributed by atoms with Crippen molar-refractivity contribution >= 4 is 17.6 Å². The van der Waals surface area contributed by atoms with Gasteiger partial charge in [0.05, 0.1) is 19.0 Å². The van der Waals surface area contributed by atoms with E-state index in [0.717, 1.165) is 5.56 Å². The summed E-state index contributed by atoms with van der Waals surface area (Å²) >= 11 is 0. The van der Waals surface area contributed by atoms with Crippen LogP contribution in [0.4, 0.5) is 10.5 Å². The first-order valence-electron chi connectivity index (χ1n) is 7.47. The van der Waals surface area contributed by atoms with Crippen LogP contribution in [0.3, 0.4) is 0 Å². The van der Waals surface area contributed by atoms with E-state index in [0.29, 0.717) is 18.1 Å². The summed E-state index contributed by atoms with van der Waals surface area (Å²) in [7, 11) is 1.53. The van der Waals surface area contributed by atoms with Crippen LogP contribution in [0.2, 0.25) is 0 Å². The molecule has 0 fully saturated rings. The van der Waals surface area contributed by atoms with Gasteiger partial charge >= 0.3 is 6.03 Å². The van der Waals surface area contributed by atoms with E-state index in [1.54, 1.807) is 25.3 Å². The van der Waals surface area contributed by atoms with Gasteiger partial charge in [-0.1, -0.05) is 30.3 Å². The third-order valence-electron chi connectivity index (χ3n) is 3.25. The Morgan fingerprint density at radius 2 is 1.92 bits per heavy atom. The van der Waals surface area contributed by atoms with E-state index in [9.17, 15) is 9.59 Å². The number of amides is 3. The maximum absolute atomic E-state index is 12.0. The number of benzene rings is 1. The van der Waals surface area contributed by atoms with Crippen molar-refractivity contribution in [2.75, 3.05) is 12.4 Å². The molecule has 1 heterocycles. The van der Waals surface area contributed by atoms with Gasteiger partial charge in [-0.05, 0) is 18.6 Å². The number of ether oxygens (including phenoxy) is 1. The molecule has 2 aromatic rings. The molecule has 2 rings (SSSR count). The minimum Gasteiger partial charge on any atom is -0.481 e. The van der Waals surface area contributed by atoms with Crippen molar-refractivity contribution < 1.29 is 14.3 Å². The Kier molecular flexibility index (Phi) is 6.13. The van der Waals surface area contributed by atoms with E-state index < -0.39 is 18.0 Å². The lowest BCUT2D eigenvalue weighted by molar-refractivity contribution is -0.120. The first-order chi connectivity index (χ1) is 11.6. The molecule has 3 N–H and O–H groups in total. The van der Waals surface area contributed by atoms with Gasteiger partial charge in [0.15, 0.2) is 0 Å². The van der Waals surface area contributed by atoms with E-state index >= 15 is 0 Å². The Morgan fingerprint density at radius 1 is 1.17 bits per heavy atom. The second-order valence-corrected chi connectivity index (χ2v) is 5.11. The lowest BCUT2D eigenvalue weighted by atomic mass is 10.2. The quantitative estimate of drug-likeness (QED) is 0.753. The summed E-state index contributed by atoms with van der Waals surface area (Å²) in [5.74, 6) is 0.0503. The Bertz CT molecular complexity index is 674. The topological polar surface area (TPSA) is 92.4 Å². The van der Waals surface area contributed by atoms with Crippen molar-refractivity contribution in [3.8, 4) is 5.88 Å². The zero-order chi connectivity index (χ0) is 17.4. The average molecular weight is 328 g/mol. The van der Waals surface area contributed by atoms with Gasteiger partial charge in [-0.3, -0.25) is 10.1 Å². The van der Waals surface area contributed by atoms with Crippen LogP contribution in [0.5, 0.6) is 5.88 Å². The summed E-state index contributed by atoms with van der Waals surface area (Å²) in [6, 6.07) is 11.7. The fourth-order valence-corrected chi connectivity index (χ4v) is 1.94. The van der Waals surface area contributed by atoms with Gasteiger partial charge in [0.1, 0.15) is 6.04 Å². The summed E-state index contributed by atoms with van der Waals surface area (Å²) in [5.41, 5.74) is 1.61. The summed E-state index contributed by atoms with van der Waals surface area (Å²) < 4.78 is 4.97. The molecule has 24 heavy (non-hydrogen) atoms. The molecule has 126 valence electrons. The third kappa shape index (κ3) is 5.28. The highest BCUT2D eigenvalue weighted by atomic mass is 16.5. The molecule has 0 aliphatic rings. The molecule has 1 aromatic heterocycles. The van der Waals surface area contributed by atoms with Crippen molar-refractivity contribution in [1.82, 2.24) is 15.6 Å². The maximum atomic E-state index is 12.0. The van der Waals surface area contributed by atoms with Gasteiger partial charge in [0, 0.05) is 12.6 Å². The Balaban J connectivity index is 1.78. The number of urea groups is 1. The molecule has 7 nitrogen and oxygen atoms in total. The number of hydrogen-bond acceptors (Lipinski definition) is 5. The number of anilines is 1. The summed E-state index contributed by atoms with van der Waals surface area (Å²) in [6.45, 7) is 2.01. The molecule has 1 unspecified atom stereocenters. The van der Waals surface area contributed by atoms with Crippen LogP contribution in [0.15, 0.2) is 48.7 Å². The first-order valence-corrected chi connectivity index (χ1v) is 7.47. The molecule has 0 saturated carbocycles. The number of hydrogen-bond donors (Lipinski definition) is 3. The van der Waals surface area contributed by atoms with Crippen LogP contribution < -0.4 is 20.7 Å². The van der Waals surface area contributed by atoms with E-state index in [1.807, 2.05) is 30.3 Å². The number of carbonyl (C=O) groups excluding carboxylic acids is 2. The predicted octanol–water partition coefficient (Wildman–Crippen LogP) is 1.92. The van der Waals surface area contributed by atoms with Crippen LogP contribution >= 0.6 is 0 Å². The predicted molar refractivity (Wildman–Crippen MR) is 90.7 cm³/mol. The molecule has 1 aromatic carbocycles. The number of pyridine rings is 1. The Morgan fingerprint density at radius 3 is 2.54 bits per heavy atom. The zero-order valence-electron chi connectivity index (χ0n) is 13.6. The highest BCUT2D eigenvalue weighted by Gasteiger charge is 2.15. The van der Waals surface area contributed by atoms with Crippen LogP contribution in [-0.4, -0.2) is 30.1 Å². The molecule has 0 spiro atoms. The van der Waals surface area contributed by atoms with Crippen molar-refractivity contribution in [1.29, 1.82) is 0 Å². The van der Waals surface area contributed by atoms with E-state index in [-0.39, 0.29) is 0 Å². The van der Waals surface area contributed by atoms with Gasteiger partial charge in [-0.15, -0.1) is 0 Å². The second-order valence-electron chi connectivity index (χ2n) is 5.11. The molecule has 0 aliphatic carbocycles. The maximum Gasteiger partial charge on any atom is 0.321 e. The van der Waals surface area contributed by atoms with Crippen molar-refractivity contribution in [2.24, 2.45) is 0 Å². The van der Waals surface area contributed by atoms with Crippen LogP contribution in [0.25, 0.3) is 0 Å². The smallest absolute Gasteiger partial charge is 0.321 e. The van der Waals surface area contributed by atoms with E-state index in [4.69, 9.17) is 4.74 Å². The molecule has 3 amide bonds. The van der Waals surface area contributed by atoms with E-state index in [2.05, 4.69) is 20.9 Å². The summed E-state index contributed by atoms with van der Waals surface area (Å²) in [5, 5.41) is 7.89. The molecule has 0 saturated heterocycles. The lowest BCUT2D eigenvalue weighted by Crippen LogP contribution is -2.45. The minimum absolute atomic E-state index is 0.351. The van der Waals surface area contributed by atoms with Crippen molar-refractivity contribution in [2.45, 2.75) is 19.5 Å². The van der Waals surface area contributed by atoms with Crippen LogP contribution in [-0.2, 0) is 11.3 Å². The molecule has 7 heteroatoms. The van der Waals surface area contributed by atoms with Crippen molar-refractivity contribution in [3.05, 3.63) is 54.2 Å². The minimum atomic E-state index is -0.595. The monoisotopic (exact) mass is 328 g/mol. The van der Waals surface area contributed by atoms with Crippen molar-refractivity contribution in [3.63, 3.8) is 0 Å². The van der Waals surface area contributed by atoms with Gasteiger partial charge in [-0.25, -0.2) is 9.78 Å². The highest BCUT2D eigenvalue weighted by molar-refractivity contribution is 5.97. The normalized spacial score (nSPS) is 11.2. The Hall–Kier alpha value is -3.09. The molecular weight excluding hydrogens is 308 g/mol. The molecule has 0 aliphatic heterocycles. The first kappa shape index (κ1) is 17.3. The van der Waals surface area contributed by atoms with Gasteiger partial charge in [0.2, 0.25) is 11.8 Å². The number of rotatable bonds is 6. The number of imide groups is 1. The van der Waals surface area contributed by atoms with Crippen LogP contribution in [0, 0.1) is 0 Å². The highest BCUT2D eigenvalue weighted by Crippen LogP contribution is 2.11. The fourth-order valence-electron chi connectivity index (χ4n) is 1.94. The number of methoxy groups -OCH3 is 1. The summed E-state index contributed by atoms with van der Waals surface area (Å²) in [6.07, 6.45) is 1.55. The number of nitrogens with one attached hydrogen (secondary N) is 3. The molecule has 0 radical (unpaired) electrons. The number of aromatic nitrogens is 1. The average Bonchev–Trinajstić information content (AvgIpc) is 2.61. The SMILES string of the molecule is COc1ccc(NC(C)C(=O)NC(=O)NCc2ccccc2)cn1. The second kappa shape index (κ2) is 8.52. The molecule has 1 atom stereocenters. The summed E-state index contributed by atoms with van der Waals surface area (Å²) in [4.78, 5) is 27.8. The van der Waals surface area contributed by atoms with E-state index in [1.165, 1.54) is 7.11 Å². The zero-order valence-corrected chi connectivity index (χ0v) is 13.6. The molecule has 0 bridgehead atoms. The molecular formula is C17H20N4O3. The Labute approximate surface area is 140 Å². The fraction of sp³-hybridized carbons (Fsp3) is 0.235. The third-order valence-corrected chi connectivity index (χ3v) is 3.25. The van der Waals surface area contributed by atoms with Gasteiger partial charge in [0.25, 0.3) is 0 Å². The number of carbonyl (C=O) groups is 2. The van der Waals surface area contributed by atoms with Gasteiger partial charge in [-0.2, -0.15) is 0 Å². The lowest BCUT2D eigenvalue weighted by Gasteiger charge is -2.15.